The Morgan fingerprint density at radius 3 is 2.16 bits per heavy atom. The molecule has 1 saturated heterocycles. The molecule has 0 unspecified atom stereocenters. The van der Waals surface area contributed by atoms with Gasteiger partial charge in [0, 0.05) is 12.5 Å². The Bertz CT molecular complexity index is 1150. The number of aliphatic hydroxyl groups excluding tert-OH is 1. The summed E-state index contributed by atoms with van der Waals surface area (Å²) in [5.41, 5.74) is 4.36. The second-order valence-electron chi connectivity index (χ2n) is 9.45. The zero-order chi connectivity index (χ0) is 26.7. The summed E-state index contributed by atoms with van der Waals surface area (Å²) in [6, 6.07) is 12.6. The van der Waals surface area contributed by atoms with Crippen LogP contribution < -0.4 is 10.6 Å². The number of aliphatic hydroxyl groups is 1. The number of fused-ring (bicyclic) bond motifs is 3. The average molecular weight is 510 g/mol. The van der Waals surface area contributed by atoms with Crippen LogP contribution in [-0.2, 0) is 19.1 Å². The van der Waals surface area contributed by atoms with Crippen molar-refractivity contribution in [1.29, 1.82) is 0 Å². The fourth-order valence-corrected chi connectivity index (χ4v) is 5.07. The first-order chi connectivity index (χ1) is 17.7. The van der Waals surface area contributed by atoms with Gasteiger partial charge in [-0.25, -0.2) is 9.59 Å². The molecule has 2 aliphatic rings. The van der Waals surface area contributed by atoms with Crippen molar-refractivity contribution in [3.8, 4) is 11.1 Å². The van der Waals surface area contributed by atoms with Gasteiger partial charge < -0.3 is 30.5 Å². The first kappa shape index (κ1) is 26.2. The minimum atomic E-state index is -1.48. The van der Waals surface area contributed by atoms with E-state index >= 15 is 0 Å². The number of alkyl carbamates (subject to hydrolysis) is 1. The number of nitrogens with one attached hydrogen (secondary N) is 2. The van der Waals surface area contributed by atoms with Crippen LogP contribution in [0, 0.1) is 0 Å². The number of carbonyl (C=O) groups is 4. The molecule has 0 saturated carbocycles. The first-order valence-electron chi connectivity index (χ1n) is 12.3. The van der Waals surface area contributed by atoms with Crippen LogP contribution in [0.15, 0.2) is 48.5 Å². The second-order valence-corrected chi connectivity index (χ2v) is 9.45. The molecule has 10 heteroatoms. The highest BCUT2D eigenvalue weighted by Crippen LogP contribution is 2.44. The molecule has 4 rings (SSSR count). The Labute approximate surface area is 214 Å². The van der Waals surface area contributed by atoms with Gasteiger partial charge in [0.1, 0.15) is 18.7 Å². The van der Waals surface area contributed by atoms with Gasteiger partial charge in [-0.2, -0.15) is 0 Å². The third kappa shape index (κ3) is 5.43. The number of nitrogens with zero attached hydrogens (tertiary/aromatic N) is 1. The lowest BCUT2D eigenvalue weighted by molar-refractivity contribution is -0.146. The van der Waals surface area contributed by atoms with Crippen molar-refractivity contribution in [3.05, 3.63) is 59.7 Å². The monoisotopic (exact) mass is 509 g/mol. The van der Waals surface area contributed by atoms with Crippen LogP contribution in [0.5, 0.6) is 0 Å². The van der Waals surface area contributed by atoms with Crippen LogP contribution in [-0.4, -0.2) is 76.4 Å². The van der Waals surface area contributed by atoms with E-state index in [-0.39, 0.29) is 12.5 Å². The standard InChI is InChI=1S/C27H31N3O7/c1-15(25(33)30-13-7-12-22(30)24(32)29-23(16(2)31)26(34)35)28-27(36)37-14-21-19-10-5-3-8-17(19)18-9-4-6-11-20(18)21/h3-6,8-11,15-16,21-23,31H,7,12-14H2,1-2H3,(H,28,36)(H,29,32)(H,34,35)/t15-,16+,22-,23-/m0/s1. The molecule has 4 N–H and O–H groups in total. The summed E-state index contributed by atoms with van der Waals surface area (Å²) < 4.78 is 5.51. The van der Waals surface area contributed by atoms with Gasteiger partial charge in [-0.15, -0.1) is 0 Å². The summed E-state index contributed by atoms with van der Waals surface area (Å²) >= 11 is 0. The maximum absolute atomic E-state index is 13.0. The number of ether oxygens (including phenoxy) is 1. The molecule has 4 atom stereocenters. The highest BCUT2D eigenvalue weighted by molar-refractivity contribution is 5.93. The lowest BCUT2D eigenvalue weighted by Crippen LogP contribution is -2.56. The summed E-state index contributed by atoms with van der Waals surface area (Å²) in [5.74, 6) is -2.63. The van der Waals surface area contributed by atoms with Crippen LogP contribution in [0.3, 0.4) is 0 Å². The van der Waals surface area contributed by atoms with E-state index in [2.05, 4.69) is 10.6 Å². The van der Waals surface area contributed by atoms with E-state index in [4.69, 9.17) is 4.74 Å². The second kappa shape index (κ2) is 11.0. The number of carbonyl (C=O) groups excluding carboxylic acids is 3. The highest BCUT2D eigenvalue weighted by atomic mass is 16.5. The van der Waals surface area contributed by atoms with Crippen molar-refractivity contribution in [2.75, 3.05) is 13.2 Å². The van der Waals surface area contributed by atoms with E-state index in [0.717, 1.165) is 22.3 Å². The van der Waals surface area contributed by atoms with E-state index in [1.807, 2.05) is 48.5 Å². The number of rotatable bonds is 8. The molecular formula is C27H31N3O7. The molecule has 196 valence electrons. The molecule has 1 fully saturated rings. The Morgan fingerprint density at radius 2 is 1.59 bits per heavy atom. The molecule has 3 amide bonds. The smallest absolute Gasteiger partial charge is 0.407 e. The predicted octanol–water partition coefficient (Wildman–Crippen LogP) is 1.85. The maximum atomic E-state index is 13.0. The maximum Gasteiger partial charge on any atom is 0.407 e. The Hall–Kier alpha value is -3.92. The molecule has 2 aromatic carbocycles. The van der Waals surface area contributed by atoms with Gasteiger partial charge in [-0.05, 0) is 48.9 Å². The van der Waals surface area contributed by atoms with Crippen LogP contribution in [0.2, 0.25) is 0 Å². The largest absolute Gasteiger partial charge is 0.480 e. The summed E-state index contributed by atoms with van der Waals surface area (Å²) in [5, 5.41) is 23.7. The van der Waals surface area contributed by atoms with Gasteiger partial charge in [-0.3, -0.25) is 9.59 Å². The van der Waals surface area contributed by atoms with E-state index in [0.29, 0.717) is 19.4 Å². The van der Waals surface area contributed by atoms with Crippen molar-refractivity contribution < 1.29 is 34.1 Å². The average Bonchev–Trinajstić information content (AvgIpc) is 3.48. The Kier molecular flexibility index (Phi) is 7.77. The summed E-state index contributed by atoms with van der Waals surface area (Å²) in [6.45, 7) is 3.16. The Balaban J connectivity index is 1.35. The summed E-state index contributed by atoms with van der Waals surface area (Å²) in [6.07, 6.45) is -1.15. The topological polar surface area (TPSA) is 145 Å². The Morgan fingerprint density at radius 1 is 1.00 bits per heavy atom. The molecule has 0 radical (unpaired) electrons. The SMILES string of the molecule is C[C@H](NC(=O)OCC1c2ccccc2-c2ccccc21)C(=O)N1CCC[C@H]1C(=O)N[C@H](C(=O)O)[C@@H](C)O. The lowest BCUT2D eigenvalue weighted by atomic mass is 9.98. The van der Waals surface area contributed by atoms with Gasteiger partial charge in [0.2, 0.25) is 11.8 Å². The molecule has 1 heterocycles. The van der Waals surface area contributed by atoms with Crippen LogP contribution in [0.4, 0.5) is 4.79 Å². The summed E-state index contributed by atoms with van der Waals surface area (Å²) in [4.78, 5) is 51.0. The minimum absolute atomic E-state index is 0.103. The van der Waals surface area contributed by atoms with E-state index in [1.165, 1.54) is 18.7 Å². The number of amides is 3. The van der Waals surface area contributed by atoms with Crippen molar-refractivity contribution in [2.24, 2.45) is 0 Å². The van der Waals surface area contributed by atoms with Crippen LogP contribution >= 0.6 is 0 Å². The van der Waals surface area contributed by atoms with Gasteiger partial charge >= 0.3 is 12.1 Å². The number of hydrogen-bond acceptors (Lipinski definition) is 6. The van der Waals surface area contributed by atoms with Crippen molar-refractivity contribution in [2.45, 2.75) is 56.8 Å². The van der Waals surface area contributed by atoms with Crippen LogP contribution in [0.1, 0.15) is 43.7 Å². The van der Waals surface area contributed by atoms with E-state index in [1.54, 1.807) is 0 Å². The number of carboxylic acids is 1. The molecule has 2 aromatic rings. The number of carboxylic acid groups (broad SMARTS) is 1. The molecular weight excluding hydrogens is 478 g/mol. The van der Waals surface area contributed by atoms with Gasteiger partial charge in [-0.1, -0.05) is 48.5 Å². The third-order valence-electron chi connectivity index (χ3n) is 6.93. The van der Waals surface area contributed by atoms with Gasteiger partial charge in [0.15, 0.2) is 6.04 Å². The molecule has 0 bridgehead atoms. The zero-order valence-electron chi connectivity index (χ0n) is 20.7. The number of likely N-dealkylation sites (tertiary alicyclic amines) is 1. The summed E-state index contributed by atoms with van der Waals surface area (Å²) in [7, 11) is 0. The molecule has 10 nitrogen and oxygen atoms in total. The molecule has 0 aromatic heterocycles. The lowest BCUT2D eigenvalue weighted by Gasteiger charge is -2.28. The number of hydrogen-bond donors (Lipinski definition) is 4. The van der Waals surface area contributed by atoms with Crippen molar-refractivity contribution >= 4 is 23.9 Å². The van der Waals surface area contributed by atoms with Crippen LogP contribution in [0.25, 0.3) is 11.1 Å². The third-order valence-corrected chi connectivity index (χ3v) is 6.93. The minimum Gasteiger partial charge on any atom is -0.480 e. The molecule has 37 heavy (non-hydrogen) atoms. The molecule has 1 aliphatic heterocycles. The highest BCUT2D eigenvalue weighted by Gasteiger charge is 2.38. The first-order valence-corrected chi connectivity index (χ1v) is 12.3. The fourth-order valence-electron chi connectivity index (χ4n) is 5.07. The quantitative estimate of drug-likeness (QED) is 0.425. The number of aliphatic carboxylic acids is 1. The van der Waals surface area contributed by atoms with E-state index < -0.39 is 48.1 Å². The predicted molar refractivity (Wildman–Crippen MR) is 134 cm³/mol. The normalized spacial score (nSPS) is 18.8. The van der Waals surface area contributed by atoms with Gasteiger partial charge in [0.05, 0.1) is 6.10 Å². The fraction of sp³-hybridized carbons (Fsp3) is 0.407. The van der Waals surface area contributed by atoms with Crippen molar-refractivity contribution in [3.63, 3.8) is 0 Å². The van der Waals surface area contributed by atoms with Gasteiger partial charge in [0.25, 0.3) is 0 Å². The molecule has 0 spiro atoms. The molecule has 1 aliphatic carbocycles. The number of benzene rings is 2. The van der Waals surface area contributed by atoms with Crippen molar-refractivity contribution in [1.82, 2.24) is 15.5 Å². The zero-order valence-corrected chi connectivity index (χ0v) is 20.7. The van der Waals surface area contributed by atoms with E-state index in [9.17, 15) is 29.4 Å².